The number of thiophene rings is 1. The topological polar surface area (TPSA) is 66.8 Å². The van der Waals surface area contributed by atoms with Crippen LogP contribution < -0.4 is 0 Å². The number of hydrogen-bond acceptors (Lipinski definition) is 5. The molecule has 114 valence electrons. The molecule has 1 aliphatic rings. The molecule has 0 aliphatic carbocycles. The summed E-state index contributed by atoms with van der Waals surface area (Å²) in [6.45, 7) is 3.55. The van der Waals surface area contributed by atoms with Crippen LogP contribution in [0.1, 0.15) is 31.7 Å². The van der Waals surface area contributed by atoms with E-state index in [9.17, 15) is 8.42 Å². The lowest BCUT2D eigenvalue weighted by Gasteiger charge is -2.31. The number of aliphatic hydroxyl groups is 1. The fourth-order valence-corrected chi connectivity index (χ4v) is 5.11. The van der Waals surface area contributed by atoms with Crippen LogP contribution in [0.2, 0.25) is 0 Å². The van der Waals surface area contributed by atoms with E-state index < -0.39 is 10.0 Å². The van der Waals surface area contributed by atoms with Crippen LogP contribution in [0.3, 0.4) is 0 Å². The van der Waals surface area contributed by atoms with E-state index in [0.717, 1.165) is 30.6 Å². The van der Waals surface area contributed by atoms with Gasteiger partial charge in [-0.25, -0.2) is 8.42 Å². The first-order valence-electron chi connectivity index (χ1n) is 6.88. The molecule has 7 heteroatoms. The Labute approximate surface area is 124 Å². The first-order chi connectivity index (χ1) is 9.57. The quantitative estimate of drug-likeness (QED) is 0.868. The van der Waals surface area contributed by atoms with Crippen LogP contribution >= 0.6 is 11.3 Å². The highest BCUT2D eigenvalue weighted by molar-refractivity contribution is 7.91. The molecular formula is C13H21NO4S2. The molecule has 0 saturated carbocycles. The van der Waals surface area contributed by atoms with Gasteiger partial charge in [0, 0.05) is 19.7 Å². The van der Waals surface area contributed by atoms with Crippen molar-refractivity contribution in [3.05, 3.63) is 17.0 Å². The normalized spacial score (nSPS) is 21.2. The van der Waals surface area contributed by atoms with Gasteiger partial charge in [0.05, 0.1) is 12.7 Å². The second kappa shape index (κ2) is 7.00. The molecule has 1 aliphatic heterocycles. The Hall–Kier alpha value is -0.470. The van der Waals surface area contributed by atoms with Crippen molar-refractivity contribution in [1.29, 1.82) is 0 Å². The van der Waals surface area contributed by atoms with Crippen LogP contribution in [-0.4, -0.2) is 43.6 Å². The van der Waals surface area contributed by atoms with Gasteiger partial charge in [-0.1, -0.05) is 6.92 Å². The van der Waals surface area contributed by atoms with E-state index in [1.807, 2.05) is 6.92 Å². The molecule has 0 amide bonds. The maximum atomic E-state index is 12.5. The monoisotopic (exact) mass is 319 g/mol. The minimum atomic E-state index is -3.45. The van der Waals surface area contributed by atoms with Crippen molar-refractivity contribution in [2.75, 3.05) is 19.7 Å². The summed E-state index contributed by atoms with van der Waals surface area (Å²) in [6, 6.07) is 1.55. The molecule has 1 saturated heterocycles. The number of rotatable bonds is 6. The molecule has 1 aromatic heterocycles. The van der Waals surface area contributed by atoms with Crippen molar-refractivity contribution >= 4 is 21.4 Å². The van der Waals surface area contributed by atoms with Gasteiger partial charge >= 0.3 is 0 Å². The third-order valence-electron chi connectivity index (χ3n) is 3.30. The van der Waals surface area contributed by atoms with Gasteiger partial charge in [-0.3, -0.25) is 0 Å². The molecule has 1 aromatic rings. The number of piperidine rings is 1. The number of ether oxygens (including phenoxy) is 1. The third kappa shape index (κ3) is 3.59. The standard InChI is InChI=1S/C13H21NO4S2/c1-2-6-18-12-4-3-5-14(8-12)20(16,17)13-7-11(9-15)10-19-13/h7,10,12,15H,2-6,8-9H2,1H3. The fraction of sp³-hybridized carbons (Fsp3) is 0.692. The van der Waals surface area contributed by atoms with Crippen molar-refractivity contribution in [3.63, 3.8) is 0 Å². The van der Waals surface area contributed by atoms with E-state index in [1.54, 1.807) is 11.4 Å². The van der Waals surface area contributed by atoms with Gasteiger partial charge in [0.25, 0.3) is 10.0 Å². The highest BCUT2D eigenvalue weighted by Gasteiger charge is 2.31. The molecule has 0 bridgehead atoms. The van der Waals surface area contributed by atoms with E-state index in [2.05, 4.69) is 0 Å². The van der Waals surface area contributed by atoms with Crippen molar-refractivity contribution in [1.82, 2.24) is 4.31 Å². The van der Waals surface area contributed by atoms with Gasteiger partial charge in [-0.15, -0.1) is 11.3 Å². The average molecular weight is 319 g/mol. The van der Waals surface area contributed by atoms with E-state index >= 15 is 0 Å². The highest BCUT2D eigenvalue weighted by Crippen LogP contribution is 2.27. The lowest BCUT2D eigenvalue weighted by atomic mass is 10.1. The van der Waals surface area contributed by atoms with Crippen LogP contribution in [0.5, 0.6) is 0 Å². The first kappa shape index (κ1) is 15.9. The van der Waals surface area contributed by atoms with Gasteiger partial charge < -0.3 is 9.84 Å². The molecule has 1 fully saturated rings. The lowest BCUT2D eigenvalue weighted by Crippen LogP contribution is -2.43. The Morgan fingerprint density at radius 1 is 1.55 bits per heavy atom. The molecule has 1 N–H and O–H groups in total. The summed E-state index contributed by atoms with van der Waals surface area (Å²) in [4.78, 5) is 0. The predicted molar refractivity (Wildman–Crippen MR) is 78.3 cm³/mol. The molecule has 1 atom stereocenters. The smallest absolute Gasteiger partial charge is 0.252 e. The van der Waals surface area contributed by atoms with Crippen molar-refractivity contribution in [2.45, 2.75) is 43.1 Å². The fourth-order valence-electron chi connectivity index (χ4n) is 2.24. The van der Waals surface area contributed by atoms with Crippen LogP contribution in [0, 0.1) is 0 Å². The van der Waals surface area contributed by atoms with E-state index in [0.29, 0.717) is 29.5 Å². The van der Waals surface area contributed by atoms with Crippen LogP contribution in [-0.2, 0) is 21.4 Å². The van der Waals surface area contributed by atoms with Gasteiger partial charge in [-0.2, -0.15) is 4.31 Å². The van der Waals surface area contributed by atoms with E-state index in [4.69, 9.17) is 9.84 Å². The second-order valence-corrected chi connectivity index (χ2v) is 8.01. The van der Waals surface area contributed by atoms with Gasteiger partial charge in [0.2, 0.25) is 0 Å². The Morgan fingerprint density at radius 2 is 2.35 bits per heavy atom. The summed E-state index contributed by atoms with van der Waals surface area (Å²) in [6.07, 6.45) is 2.67. The zero-order valence-corrected chi connectivity index (χ0v) is 13.3. The number of sulfonamides is 1. The third-order valence-corrected chi connectivity index (χ3v) is 6.63. The maximum Gasteiger partial charge on any atom is 0.252 e. The van der Waals surface area contributed by atoms with E-state index in [1.165, 1.54) is 4.31 Å². The van der Waals surface area contributed by atoms with Crippen LogP contribution in [0.15, 0.2) is 15.7 Å². The Morgan fingerprint density at radius 3 is 3.00 bits per heavy atom. The number of hydrogen-bond donors (Lipinski definition) is 1. The van der Waals surface area contributed by atoms with Crippen molar-refractivity contribution < 1.29 is 18.3 Å². The molecule has 0 spiro atoms. The first-order valence-corrected chi connectivity index (χ1v) is 9.20. The Bertz CT molecular complexity index is 526. The lowest BCUT2D eigenvalue weighted by molar-refractivity contribution is 0.0194. The summed E-state index contributed by atoms with van der Waals surface area (Å²) < 4.78 is 32.6. The second-order valence-electron chi connectivity index (χ2n) is 4.93. The molecule has 2 rings (SSSR count). The number of nitrogens with zero attached hydrogens (tertiary/aromatic N) is 1. The van der Waals surface area contributed by atoms with Gasteiger partial charge in [-0.05, 0) is 36.3 Å². The van der Waals surface area contributed by atoms with Gasteiger partial charge in [0.15, 0.2) is 0 Å². The zero-order valence-electron chi connectivity index (χ0n) is 11.6. The maximum absolute atomic E-state index is 12.5. The largest absolute Gasteiger partial charge is 0.392 e. The summed E-state index contributed by atoms with van der Waals surface area (Å²) in [7, 11) is -3.45. The summed E-state index contributed by atoms with van der Waals surface area (Å²) in [5, 5.41) is 10.7. The molecule has 0 radical (unpaired) electrons. The Kier molecular flexibility index (Phi) is 5.57. The molecule has 20 heavy (non-hydrogen) atoms. The summed E-state index contributed by atoms with van der Waals surface area (Å²) >= 11 is 1.16. The molecule has 1 unspecified atom stereocenters. The predicted octanol–water partition coefficient (Wildman–Crippen LogP) is 1.82. The SMILES string of the molecule is CCCOC1CCCN(S(=O)(=O)c2cc(CO)cs2)C1. The van der Waals surface area contributed by atoms with E-state index in [-0.39, 0.29) is 12.7 Å². The zero-order chi connectivity index (χ0) is 14.6. The van der Waals surface area contributed by atoms with Crippen molar-refractivity contribution in [3.8, 4) is 0 Å². The molecule has 5 nitrogen and oxygen atoms in total. The molecular weight excluding hydrogens is 298 g/mol. The summed E-state index contributed by atoms with van der Waals surface area (Å²) in [5.41, 5.74) is 0.643. The number of aliphatic hydroxyl groups excluding tert-OH is 1. The Balaban J connectivity index is 2.08. The minimum absolute atomic E-state index is 0.00394. The molecule has 0 aromatic carbocycles. The minimum Gasteiger partial charge on any atom is -0.392 e. The van der Waals surface area contributed by atoms with Crippen LogP contribution in [0.4, 0.5) is 0 Å². The van der Waals surface area contributed by atoms with Crippen molar-refractivity contribution in [2.24, 2.45) is 0 Å². The highest BCUT2D eigenvalue weighted by atomic mass is 32.2. The molecule has 2 heterocycles. The average Bonchev–Trinajstić information content (AvgIpc) is 2.95. The van der Waals surface area contributed by atoms with Gasteiger partial charge in [0.1, 0.15) is 4.21 Å². The van der Waals surface area contributed by atoms with Crippen LogP contribution in [0.25, 0.3) is 0 Å². The summed E-state index contributed by atoms with van der Waals surface area (Å²) in [5.74, 6) is 0.